The van der Waals surface area contributed by atoms with Crippen molar-refractivity contribution in [1.29, 1.82) is 0 Å². The molecule has 0 heterocycles. The van der Waals surface area contributed by atoms with Gasteiger partial charge in [-0.1, -0.05) is 6.07 Å². The zero-order valence-corrected chi connectivity index (χ0v) is 11.3. The molecule has 0 bridgehead atoms. The van der Waals surface area contributed by atoms with Crippen LogP contribution in [0.25, 0.3) is 0 Å². The quantitative estimate of drug-likeness (QED) is 0.506. The molecule has 0 saturated heterocycles. The van der Waals surface area contributed by atoms with Gasteiger partial charge in [0.15, 0.2) is 11.5 Å². The number of halogens is 6. The molecule has 0 fully saturated rings. The van der Waals surface area contributed by atoms with Gasteiger partial charge in [-0.25, -0.2) is 0 Å². The fourth-order valence-electron chi connectivity index (χ4n) is 1.35. The maximum Gasteiger partial charge on any atom is 0.455 e. The molecule has 0 amide bonds. The van der Waals surface area contributed by atoms with Gasteiger partial charge in [0.2, 0.25) is 0 Å². The van der Waals surface area contributed by atoms with Gasteiger partial charge in [0.05, 0.1) is 0 Å². The van der Waals surface area contributed by atoms with Gasteiger partial charge >= 0.3 is 18.1 Å². The van der Waals surface area contributed by atoms with Crippen molar-refractivity contribution in [1.82, 2.24) is 0 Å². The Morgan fingerprint density at radius 2 is 1.81 bits per heavy atom. The molecule has 0 saturated carbocycles. The lowest BCUT2D eigenvalue weighted by Gasteiger charge is -2.26. The minimum absolute atomic E-state index is 0. The summed E-state index contributed by atoms with van der Waals surface area (Å²) in [5.41, 5.74) is 4.24. The van der Waals surface area contributed by atoms with Gasteiger partial charge in [-0.2, -0.15) is 22.0 Å². The second-order valence-corrected chi connectivity index (χ2v) is 3.92. The average molecular weight is 336 g/mol. The van der Waals surface area contributed by atoms with E-state index in [-0.39, 0.29) is 18.2 Å². The fraction of sp³-hybridized carbons (Fsp3) is 0.364. The number of phenols is 1. The summed E-state index contributed by atoms with van der Waals surface area (Å²) in [6.45, 7) is 1.02. The first-order chi connectivity index (χ1) is 8.96. The summed E-state index contributed by atoms with van der Waals surface area (Å²) in [6, 6.07) is -0.428. The largest absolute Gasteiger partial charge is 0.504 e. The molecule has 0 unspecified atom stereocenters. The predicted octanol–water partition coefficient (Wildman–Crippen LogP) is 2.94. The highest BCUT2D eigenvalue weighted by atomic mass is 35.5. The summed E-state index contributed by atoms with van der Waals surface area (Å²) in [6.07, 6.45) is -5.82. The number of hydrogen-bond acceptors (Lipinski definition) is 4. The number of aromatic hydroxyl groups is 1. The second kappa shape index (κ2) is 6.44. The number of rotatable bonds is 3. The van der Waals surface area contributed by atoms with E-state index in [9.17, 15) is 31.9 Å². The molecule has 120 valence electrons. The Hall–Kier alpha value is -1.61. The normalized spacial score (nSPS) is 13.3. The summed E-state index contributed by atoms with van der Waals surface area (Å²) in [4.78, 5) is 10.6. The highest BCUT2D eigenvalue weighted by Gasteiger charge is 2.61. The van der Waals surface area contributed by atoms with Crippen molar-refractivity contribution in [3.63, 3.8) is 0 Å². The molecule has 1 aromatic carbocycles. The Balaban J connectivity index is 0.00000400. The summed E-state index contributed by atoms with van der Waals surface area (Å²) >= 11 is 0. The van der Waals surface area contributed by atoms with E-state index in [1.54, 1.807) is 0 Å². The molecule has 0 aromatic heterocycles. The maximum absolute atomic E-state index is 13.0. The van der Waals surface area contributed by atoms with Gasteiger partial charge in [-0.3, -0.25) is 4.79 Å². The molecule has 1 aromatic rings. The Bertz CT molecular complexity index is 521. The van der Waals surface area contributed by atoms with Gasteiger partial charge < -0.3 is 15.6 Å². The zero-order valence-electron chi connectivity index (χ0n) is 10.4. The van der Waals surface area contributed by atoms with Crippen LogP contribution in [0.2, 0.25) is 0 Å². The van der Waals surface area contributed by atoms with Crippen molar-refractivity contribution in [3.8, 4) is 11.5 Å². The lowest BCUT2D eigenvalue weighted by molar-refractivity contribution is -0.291. The molecule has 0 aliphatic rings. The molecule has 0 aliphatic carbocycles. The highest BCUT2D eigenvalue weighted by molar-refractivity contribution is 5.85. The summed E-state index contributed by atoms with van der Waals surface area (Å²) in [5, 5.41) is 9.40. The van der Waals surface area contributed by atoms with Crippen LogP contribution in [0.4, 0.5) is 22.0 Å². The van der Waals surface area contributed by atoms with Crippen LogP contribution < -0.4 is 10.5 Å². The molecule has 3 N–H and O–H groups in total. The smallest absolute Gasteiger partial charge is 0.455 e. The molecule has 10 heteroatoms. The van der Waals surface area contributed by atoms with Crippen LogP contribution in [-0.2, 0) is 4.79 Å². The number of esters is 1. The van der Waals surface area contributed by atoms with Gasteiger partial charge in [-0.15, -0.1) is 12.4 Å². The lowest BCUT2D eigenvalue weighted by atomic mass is 10.0. The summed E-state index contributed by atoms with van der Waals surface area (Å²) in [7, 11) is 0. The first kappa shape index (κ1) is 19.4. The molecule has 21 heavy (non-hydrogen) atoms. The third-order valence-electron chi connectivity index (χ3n) is 2.36. The van der Waals surface area contributed by atoms with Crippen LogP contribution >= 0.6 is 12.4 Å². The number of phenolic OH excluding ortho intramolecular Hbond substituents is 1. The van der Waals surface area contributed by atoms with Crippen LogP contribution in [0, 0.1) is 0 Å². The second-order valence-electron chi connectivity index (χ2n) is 3.92. The molecule has 1 atom stereocenters. The van der Waals surface area contributed by atoms with Crippen LogP contribution in [0.15, 0.2) is 18.2 Å². The van der Waals surface area contributed by atoms with Gasteiger partial charge in [-0.05, 0) is 17.7 Å². The van der Waals surface area contributed by atoms with Crippen LogP contribution in [-0.4, -0.2) is 23.2 Å². The Morgan fingerprint density at radius 1 is 1.29 bits per heavy atom. The molecule has 0 aliphatic heterocycles. The van der Waals surface area contributed by atoms with E-state index in [1.807, 2.05) is 0 Å². The Kier molecular flexibility index (Phi) is 5.94. The molecule has 0 spiro atoms. The van der Waals surface area contributed by atoms with E-state index in [2.05, 4.69) is 4.74 Å². The first-order valence-corrected chi connectivity index (χ1v) is 5.18. The minimum Gasteiger partial charge on any atom is -0.504 e. The van der Waals surface area contributed by atoms with Gasteiger partial charge in [0.25, 0.3) is 0 Å². The van der Waals surface area contributed by atoms with E-state index in [0.717, 1.165) is 19.1 Å². The number of alkyl halides is 5. The number of nitrogens with two attached hydrogens (primary N) is 1. The van der Waals surface area contributed by atoms with Crippen molar-refractivity contribution >= 4 is 18.4 Å². The molecule has 4 nitrogen and oxygen atoms in total. The maximum atomic E-state index is 13.0. The monoisotopic (exact) mass is 335 g/mol. The van der Waals surface area contributed by atoms with Crippen molar-refractivity contribution in [2.75, 3.05) is 0 Å². The van der Waals surface area contributed by atoms with Crippen LogP contribution in [0.3, 0.4) is 0 Å². The van der Waals surface area contributed by atoms with Crippen LogP contribution in [0.1, 0.15) is 18.5 Å². The highest BCUT2D eigenvalue weighted by Crippen LogP contribution is 2.44. The molecular formula is C11H11ClF5NO3. The SMILES string of the molecule is CC(=O)Oc1ccc([C@H](N)C(F)(F)C(F)(F)F)cc1O.Cl. The zero-order chi connectivity index (χ0) is 15.7. The number of carbonyl (C=O) groups excluding carboxylic acids is 1. The first-order valence-electron chi connectivity index (χ1n) is 5.18. The van der Waals surface area contributed by atoms with Gasteiger partial charge in [0, 0.05) is 6.92 Å². The molecular weight excluding hydrogens is 325 g/mol. The molecule has 1 rings (SSSR count). The number of hydrogen-bond donors (Lipinski definition) is 2. The lowest BCUT2D eigenvalue weighted by Crippen LogP contribution is -2.45. The Morgan fingerprint density at radius 3 is 2.19 bits per heavy atom. The predicted molar refractivity (Wildman–Crippen MR) is 64.6 cm³/mol. The van der Waals surface area contributed by atoms with Crippen molar-refractivity contribution in [3.05, 3.63) is 23.8 Å². The summed E-state index contributed by atoms with van der Waals surface area (Å²) < 4.78 is 67.0. The van der Waals surface area contributed by atoms with Crippen molar-refractivity contribution in [2.45, 2.75) is 25.1 Å². The van der Waals surface area contributed by atoms with Gasteiger partial charge in [0.1, 0.15) is 6.04 Å². The standard InChI is InChI=1S/C11H10F5NO3.ClH/c1-5(18)20-8-3-2-6(4-7(8)19)9(17)10(12,13)11(14,15)16;/h2-4,9,19H,17H2,1H3;1H/t9-;/m0./s1. The van der Waals surface area contributed by atoms with E-state index in [4.69, 9.17) is 5.73 Å². The van der Waals surface area contributed by atoms with Crippen molar-refractivity contribution in [2.24, 2.45) is 5.73 Å². The third-order valence-corrected chi connectivity index (χ3v) is 2.36. The topological polar surface area (TPSA) is 72.5 Å². The average Bonchev–Trinajstić information content (AvgIpc) is 2.28. The Labute approximate surface area is 122 Å². The summed E-state index contributed by atoms with van der Waals surface area (Å²) in [5.74, 6) is -7.10. The van der Waals surface area contributed by atoms with E-state index in [1.165, 1.54) is 0 Å². The number of benzene rings is 1. The van der Waals surface area contributed by atoms with E-state index >= 15 is 0 Å². The van der Waals surface area contributed by atoms with Crippen molar-refractivity contribution < 1.29 is 36.6 Å². The minimum atomic E-state index is -5.82. The number of carbonyl (C=O) groups is 1. The molecule has 0 radical (unpaired) electrons. The number of ether oxygens (including phenoxy) is 1. The fourth-order valence-corrected chi connectivity index (χ4v) is 1.35. The third kappa shape index (κ3) is 4.18. The van der Waals surface area contributed by atoms with Crippen LogP contribution in [0.5, 0.6) is 11.5 Å². The van der Waals surface area contributed by atoms with E-state index < -0.39 is 35.4 Å². The van der Waals surface area contributed by atoms with E-state index in [0.29, 0.717) is 6.07 Å².